The normalized spacial score (nSPS) is 15.3. The number of nitrogens with one attached hydrogen (secondary N) is 2. The number of aromatic nitrogens is 3. The Kier molecular flexibility index (Phi) is 4.33. The van der Waals surface area contributed by atoms with Crippen molar-refractivity contribution in [2.45, 2.75) is 12.5 Å². The molecule has 0 radical (unpaired) electrons. The largest absolute Gasteiger partial charge is 0.326 e. The van der Waals surface area contributed by atoms with Crippen LogP contribution in [0.4, 0.5) is 16.0 Å². The van der Waals surface area contributed by atoms with Crippen LogP contribution in [0.15, 0.2) is 48.5 Å². The first kappa shape index (κ1) is 17.2. The fourth-order valence-electron chi connectivity index (χ4n) is 2.78. The number of amides is 2. The molecule has 9 heteroatoms. The Bertz CT molecular complexity index is 1030. The number of hydrogen-bond donors (Lipinski definition) is 2. The summed E-state index contributed by atoms with van der Waals surface area (Å²) in [7, 11) is 0. The number of fused-ring (bicyclic) bond motifs is 1. The van der Waals surface area contributed by atoms with Crippen molar-refractivity contribution in [2.24, 2.45) is 0 Å². The molecule has 2 heterocycles. The molecule has 0 spiro atoms. The van der Waals surface area contributed by atoms with Crippen LogP contribution in [0.3, 0.4) is 0 Å². The summed E-state index contributed by atoms with van der Waals surface area (Å²) in [6, 6.07) is 11.7. The Morgan fingerprint density at radius 2 is 2.04 bits per heavy atom. The molecule has 2 aromatic carbocycles. The van der Waals surface area contributed by atoms with E-state index in [1.807, 2.05) is 0 Å². The van der Waals surface area contributed by atoms with E-state index in [-0.39, 0.29) is 18.3 Å². The topological polar surface area (TPSA) is 88.9 Å². The Balaban J connectivity index is 1.52. The van der Waals surface area contributed by atoms with Crippen molar-refractivity contribution >= 4 is 35.1 Å². The van der Waals surface area contributed by atoms with E-state index in [1.165, 1.54) is 22.9 Å². The fourth-order valence-corrected chi connectivity index (χ4v) is 2.91. The quantitative estimate of drug-likeness (QED) is 0.721. The van der Waals surface area contributed by atoms with Crippen LogP contribution in [0, 0.1) is 5.82 Å². The van der Waals surface area contributed by atoms with Gasteiger partial charge in [0.1, 0.15) is 11.9 Å². The van der Waals surface area contributed by atoms with Crippen molar-refractivity contribution in [3.63, 3.8) is 0 Å². The van der Waals surface area contributed by atoms with Crippen LogP contribution in [0.5, 0.6) is 0 Å². The van der Waals surface area contributed by atoms with Crippen LogP contribution in [-0.2, 0) is 9.59 Å². The highest BCUT2D eigenvalue weighted by atomic mass is 35.5. The van der Waals surface area contributed by atoms with Gasteiger partial charge in [0.05, 0.1) is 6.42 Å². The molecule has 0 aliphatic carbocycles. The molecule has 0 saturated carbocycles. The summed E-state index contributed by atoms with van der Waals surface area (Å²) in [5.41, 5.74) is 1.05. The third-order valence-electron chi connectivity index (χ3n) is 4.05. The average Bonchev–Trinajstić information content (AvgIpc) is 3.15. The molecular weight excluding hydrogens is 373 g/mol. The van der Waals surface area contributed by atoms with E-state index in [0.717, 1.165) is 5.56 Å². The summed E-state index contributed by atoms with van der Waals surface area (Å²) in [4.78, 5) is 28.7. The van der Waals surface area contributed by atoms with E-state index in [0.29, 0.717) is 16.5 Å². The van der Waals surface area contributed by atoms with Crippen molar-refractivity contribution in [2.75, 3.05) is 10.6 Å². The molecule has 27 heavy (non-hydrogen) atoms. The average molecular weight is 386 g/mol. The number of hydrogen-bond acceptors (Lipinski definition) is 4. The standard InChI is InChI=1S/C18H13ClFN5O2/c19-11-6-4-10(5-7-11)16-22-18-23-17(27)14(25(18)24-16)9-15(26)21-13-3-1-2-12(20)8-13/h1-8,14H,9H2,(H,21,26)(H,22,23,24,27)/t14-/m1/s1. The minimum atomic E-state index is -0.831. The monoisotopic (exact) mass is 385 g/mol. The van der Waals surface area contributed by atoms with Crippen LogP contribution in [-0.4, -0.2) is 26.6 Å². The van der Waals surface area contributed by atoms with Gasteiger partial charge in [-0.05, 0) is 42.5 Å². The van der Waals surface area contributed by atoms with Gasteiger partial charge in [-0.15, -0.1) is 5.10 Å². The molecule has 1 aliphatic heterocycles. The second kappa shape index (κ2) is 6.81. The number of rotatable bonds is 4. The number of halogens is 2. The summed E-state index contributed by atoms with van der Waals surface area (Å²) < 4.78 is 14.6. The van der Waals surface area contributed by atoms with Gasteiger partial charge in [-0.3, -0.25) is 14.9 Å². The second-order valence-electron chi connectivity index (χ2n) is 5.98. The lowest BCUT2D eigenvalue weighted by Crippen LogP contribution is -2.23. The molecule has 2 N–H and O–H groups in total. The van der Waals surface area contributed by atoms with E-state index in [4.69, 9.17) is 11.6 Å². The summed E-state index contributed by atoms with van der Waals surface area (Å²) >= 11 is 5.88. The number of carbonyl (C=O) groups is 2. The van der Waals surface area contributed by atoms with Gasteiger partial charge in [0.15, 0.2) is 5.82 Å². The molecule has 0 saturated heterocycles. The van der Waals surface area contributed by atoms with Crippen molar-refractivity contribution in [1.82, 2.24) is 14.8 Å². The first-order valence-electron chi connectivity index (χ1n) is 8.08. The van der Waals surface area contributed by atoms with Crippen LogP contribution >= 0.6 is 11.6 Å². The highest BCUT2D eigenvalue weighted by Crippen LogP contribution is 2.29. The molecule has 0 unspecified atom stereocenters. The van der Waals surface area contributed by atoms with Crippen LogP contribution in [0.1, 0.15) is 12.5 Å². The lowest BCUT2D eigenvalue weighted by atomic mass is 10.2. The lowest BCUT2D eigenvalue weighted by Gasteiger charge is -2.10. The van der Waals surface area contributed by atoms with Gasteiger partial charge < -0.3 is 5.32 Å². The molecule has 3 aromatic rings. The minimum absolute atomic E-state index is 0.154. The van der Waals surface area contributed by atoms with Crippen molar-refractivity contribution in [3.05, 3.63) is 59.4 Å². The van der Waals surface area contributed by atoms with Gasteiger partial charge >= 0.3 is 0 Å². The molecule has 2 amide bonds. The Morgan fingerprint density at radius 1 is 1.26 bits per heavy atom. The third-order valence-corrected chi connectivity index (χ3v) is 4.31. The van der Waals surface area contributed by atoms with E-state index in [1.54, 1.807) is 30.3 Å². The summed E-state index contributed by atoms with van der Waals surface area (Å²) in [5, 5.41) is 10.1. The molecular formula is C18H13ClFN5O2. The fraction of sp³-hybridized carbons (Fsp3) is 0.111. The van der Waals surface area contributed by atoms with Gasteiger partial charge in [0.2, 0.25) is 11.9 Å². The predicted molar refractivity (Wildman–Crippen MR) is 97.8 cm³/mol. The number of anilines is 2. The maximum atomic E-state index is 13.2. The van der Waals surface area contributed by atoms with Gasteiger partial charge in [0.25, 0.3) is 5.91 Å². The zero-order valence-electron chi connectivity index (χ0n) is 13.8. The molecule has 136 valence electrons. The molecule has 1 aliphatic rings. The smallest absolute Gasteiger partial charge is 0.252 e. The number of carbonyl (C=O) groups excluding carboxylic acids is 2. The highest BCUT2D eigenvalue weighted by molar-refractivity contribution is 6.30. The van der Waals surface area contributed by atoms with Crippen LogP contribution in [0.2, 0.25) is 5.02 Å². The van der Waals surface area contributed by atoms with Crippen molar-refractivity contribution in [1.29, 1.82) is 0 Å². The maximum Gasteiger partial charge on any atom is 0.252 e. The molecule has 0 bridgehead atoms. The first-order chi connectivity index (χ1) is 13.0. The van der Waals surface area contributed by atoms with Gasteiger partial charge in [-0.2, -0.15) is 4.98 Å². The summed E-state index contributed by atoms with van der Waals surface area (Å²) in [5.74, 6) is -0.581. The van der Waals surface area contributed by atoms with Gasteiger partial charge in [-0.1, -0.05) is 17.7 Å². The molecule has 7 nitrogen and oxygen atoms in total. The van der Waals surface area contributed by atoms with E-state index in [2.05, 4.69) is 20.7 Å². The minimum Gasteiger partial charge on any atom is -0.326 e. The lowest BCUT2D eigenvalue weighted by molar-refractivity contribution is -0.123. The Morgan fingerprint density at radius 3 is 2.78 bits per heavy atom. The molecule has 1 atom stereocenters. The Hall–Kier alpha value is -3.26. The second-order valence-corrected chi connectivity index (χ2v) is 6.41. The molecule has 1 aromatic heterocycles. The van der Waals surface area contributed by atoms with Crippen molar-refractivity contribution < 1.29 is 14.0 Å². The highest BCUT2D eigenvalue weighted by Gasteiger charge is 2.35. The molecule has 0 fully saturated rings. The first-order valence-corrected chi connectivity index (χ1v) is 8.46. The van der Waals surface area contributed by atoms with Gasteiger partial charge in [0, 0.05) is 16.3 Å². The van der Waals surface area contributed by atoms with Crippen molar-refractivity contribution in [3.8, 4) is 11.4 Å². The van der Waals surface area contributed by atoms with Gasteiger partial charge in [-0.25, -0.2) is 9.07 Å². The summed E-state index contributed by atoms with van der Waals surface area (Å²) in [6.07, 6.45) is -0.154. The predicted octanol–water partition coefficient (Wildman–Crippen LogP) is 3.26. The zero-order valence-corrected chi connectivity index (χ0v) is 14.6. The Labute approximate surface area is 158 Å². The van der Waals surface area contributed by atoms with E-state index >= 15 is 0 Å². The number of nitrogens with zero attached hydrogens (tertiary/aromatic N) is 3. The van der Waals surface area contributed by atoms with E-state index in [9.17, 15) is 14.0 Å². The van der Waals surface area contributed by atoms with E-state index < -0.39 is 17.8 Å². The summed E-state index contributed by atoms with van der Waals surface area (Å²) in [6.45, 7) is 0. The molecule has 4 rings (SSSR count). The SMILES string of the molecule is O=C(C[C@@H]1C(=O)Nc2nc(-c3ccc(Cl)cc3)nn21)Nc1cccc(F)c1. The van der Waals surface area contributed by atoms with Crippen LogP contribution in [0.25, 0.3) is 11.4 Å². The maximum absolute atomic E-state index is 13.2. The third kappa shape index (κ3) is 3.52. The van der Waals surface area contributed by atoms with Crippen LogP contribution < -0.4 is 10.6 Å². The zero-order chi connectivity index (χ0) is 19.0. The number of benzene rings is 2.